The summed E-state index contributed by atoms with van der Waals surface area (Å²) in [7, 11) is 1.27. The first-order valence-electron chi connectivity index (χ1n) is 9.78. The number of nitrogens with zero attached hydrogens (tertiary/aromatic N) is 1. The van der Waals surface area contributed by atoms with Crippen LogP contribution in [0.25, 0.3) is 10.9 Å². The Morgan fingerprint density at radius 2 is 1.90 bits per heavy atom. The zero-order chi connectivity index (χ0) is 20.5. The van der Waals surface area contributed by atoms with Crippen LogP contribution >= 0.6 is 0 Å². The average molecular weight is 398 g/mol. The van der Waals surface area contributed by atoms with Gasteiger partial charge in [-0.15, -0.1) is 0 Å². The average Bonchev–Trinajstić information content (AvgIpc) is 2.70. The molecule has 152 valence electrons. The fourth-order valence-corrected chi connectivity index (χ4v) is 4.43. The number of methoxy groups -OCH3 is 1. The molecule has 2 fully saturated rings. The number of hydrogen-bond acceptors (Lipinski definition) is 7. The van der Waals surface area contributed by atoms with Gasteiger partial charge in [-0.3, -0.25) is 14.4 Å². The second kappa shape index (κ2) is 7.77. The van der Waals surface area contributed by atoms with Crippen molar-refractivity contribution in [2.45, 2.75) is 38.7 Å². The fraction of sp³-hybridized carbons (Fsp3) is 0.476. The maximum absolute atomic E-state index is 12.5. The molecule has 0 saturated heterocycles. The number of aromatic nitrogens is 2. The maximum Gasteiger partial charge on any atom is 0.337 e. The van der Waals surface area contributed by atoms with E-state index in [9.17, 15) is 19.2 Å². The molecule has 1 unspecified atom stereocenters. The highest BCUT2D eigenvalue weighted by Crippen LogP contribution is 2.40. The number of rotatable bonds is 4. The molecule has 8 heteroatoms. The molecule has 8 nitrogen and oxygen atoms in total. The van der Waals surface area contributed by atoms with Crippen LogP contribution in [0.1, 0.15) is 48.3 Å². The zero-order valence-corrected chi connectivity index (χ0v) is 16.1. The molecule has 1 heterocycles. The Morgan fingerprint density at radius 1 is 1.17 bits per heavy atom. The van der Waals surface area contributed by atoms with Crippen LogP contribution in [-0.4, -0.2) is 34.8 Å². The highest BCUT2D eigenvalue weighted by molar-refractivity contribution is 5.94. The molecule has 0 aliphatic heterocycles. The van der Waals surface area contributed by atoms with Crippen LogP contribution in [0.2, 0.25) is 0 Å². The summed E-state index contributed by atoms with van der Waals surface area (Å²) in [5.41, 5.74) is 0.218. The molecular formula is C21H22N2O6. The Hall–Kier alpha value is -3.03. The first kappa shape index (κ1) is 19.3. The predicted octanol–water partition coefficient (Wildman–Crippen LogP) is 2.15. The number of hydrogen-bond donors (Lipinski definition) is 1. The number of Topliss-reactive ketones (excluding diaryl/α,β-unsaturated/α-hetero) is 1. The van der Waals surface area contributed by atoms with Gasteiger partial charge in [-0.2, -0.15) is 0 Å². The highest BCUT2D eigenvalue weighted by atomic mass is 16.5. The van der Waals surface area contributed by atoms with Gasteiger partial charge in [-0.25, -0.2) is 9.78 Å². The molecule has 3 atom stereocenters. The van der Waals surface area contributed by atoms with Crippen LogP contribution in [0.5, 0.6) is 0 Å². The smallest absolute Gasteiger partial charge is 0.337 e. The van der Waals surface area contributed by atoms with Gasteiger partial charge in [-0.1, -0.05) is 6.42 Å². The zero-order valence-electron chi connectivity index (χ0n) is 16.1. The number of benzene rings is 1. The van der Waals surface area contributed by atoms with Crippen molar-refractivity contribution in [3.8, 4) is 0 Å². The van der Waals surface area contributed by atoms with Crippen molar-refractivity contribution in [1.82, 2.24) is 9.97 Å². The molecule has 2 aliphatic carbocycles. The number of fused-ring (bicyclic) bond motifs is 3. The van der Waals surface area contributed by atoms with Gasteiger partial charge in [0, 0.05) is 11.8 Å². The molecule has 0 amide bonds. The third kappa shape index (κ3) is 3.79. The summed E-state index contributed by atoms with van der Waals surface area (Å²) in [5.74, 6) is -0.751. The fourth-order valence-electron chi connectivity index (χ4n) is 4.43. The van der Waals surface area contributed by atoms with E-state index in [0.29, 0.717) is 29.5 Å². The summed E-state index contributed by atoms with van der Waals surface area (Å²) in [6.45, 7) is -0.174. The van der Waals surface area contributed by atoms with E-state index in [0.717, 1.165) is 19.3 Å². The van der Waals surface area contributed by atoms with E-state index in [1.807, 2.05) is 0 Å². The number of carbonyl (C=O) groups is 3. The van der Waals surface area contributed by atoms with E-state index < -0.39 is 5.97 Å². The number of H-pyrrole nitrogens is 1. The number of esters is 2. The van der Waals surface area contributed by atoms with E-state index >= 15 is 0 Å². The second-order valence-corrected chi connectivity index (χ2v) is 7.74. The van der Waals surface area contributed by atoms with Crippen LogP contribution < -0.4 is 5.56 Å². The van der Waals surface area contributed by atoms with E-state index in [-0.39, 0.29) is 47.3 Å². The maximum atomic E-state index is 12.5. The van der Waals surface area contributed by atoms with Gasteiger partial charge >= 0.3 is 11.9 Å². The second-order valence-electron chi connectivity index (χ2n) is 7.74. The Morgan fingerprint density at radius 3 is 2.59 bits per heavy atom. The summed E-state index contributed by atoms with van der Waals surface area (Å²) < 4.78 is 10.1. The summed E-state index contributed by atoms with van der Waals surface area (Å²) in [5, 5.41) is 0.325. The third-order valence-corrected chi connectivity index (χ3v) is 5.91. The summed E-state index contributed by atoms with van der Waals surface area (Å²) in [6.07, 6.45) is 3.82. The van der Waals surface area contributed by atoms with Crippen LogP contribution in [0.3, 0.4) is 0 Å². The molecule has 2 saturated carbocycles. The minimum atomic E-state index is -0.528. The SMILES string of the molecule is COC(=O)c1ccc2c(=O)[nH]c(COC(=O)C3C[C@H]4CCC[C@@H](C3)C4=O)nc2c1. The van der Waals surface area contributed by atoms with Gasteiger partial charge < -0.3 is 14.5 Å². The van der Waals surface area contributed by atoms with Gasteiger partial charge in [-0.05, 0) is 43.9 Å². The molecule has 1 N–H and O–H groups in total. The number of aromatic amines is 1. The van der Waals surface area contributed by atoms with Crippen LogP contribution in [0.15, 0.2) is 23.0 Å². The molecule has 0 radical (unpaired) electrons. The number of ether oxygens (including phenoxy) is 2. The van der Waals surface area contributed by atoms with Crippen molar-refractivity contribution in [2.75, 3.05) is 7.11 Å². The lowest BCUT2D eigenvalue weighted by atomic mass is 9.67. The minimum Gasteiger partial charge on any atom is -0.465 e. The van der Waals surface area contributed by atoms with Gasteiger partial charge in [0.2, 0.25) is 0 Å². The van der Waals surface area contributed by atoms with E-state index in [4.69, 9.17) is 4.74 Å². The summed E-state index contributed by atoms with van der Waals surface area (Å²) in [6, 6.07) is 4.46. The van der Waals surface area contributed by atoms with Crippen LogP contribution in [-0.2, 0) is 25.7 Å². The molecule has 2 aromatic rings. The monoisotopic (exact) mass is 398 g/mol. The minimum absolute atomic E-state index is 0.0320. The van der Waals surface area contributed by atoms with Crippen LogP contribution in [0.4, 0.5) is 0 Å². The lowest BCUT2D eigenvalue weighted by molar-refractivity contribution is -0.155. The normalized spacial score (nSPS) is 23.6. The van der Waals surface area contributed by atoms with Crippen molar-refractivity contribution < 1.29 is 23.9 Å². The molecule has 1 aromatic carbocycles. The Balaban J connectivity index is 1.48. The topological polar surface area (TPSA) is 115 Å². The van der Waals surface area contributed by atoms with E-state index in [1.165, 1.54) is 25.3 Å². The first-order chi connectivity index (χ1) is 14.0. The number of nitrogens with one attached hydrogen (secondary N) is 1. The largest absolute Gasteiger partial charge is 0.465 e. The van der Waals surface area contributed by atoms with Crippen molar-refractivity contribution in [3.05, 3.63) is 39.9 Å². The highest BCUT2D eigenvalue weighted by Gasteiger charge is 2.41. The first-order valence-corrected chi connectivity index (χ1v) is 9.78. The molecule has 0 spiro atoms. The van der Waals surface area contributed by atoms with Crippen molar-refractivity contribution in [2.24, 2.45) is 17.8 Å². The number of ketones is 1. The van der Waals surface area contributed by atoms with Gasteiger partial charge in [0.05, 0.1) is 29.5 Å². The van der Waals surface area contributed by atoms with Crippen molar-refractivity contribution in [1.29, 1.82) is 0 Å². The Bertz CT molecular complexity index is 1030. The molecule has 1 aromatic heterocycles. The van der Waals surface area contributed by atoms with Crippen molar-refractivity contribution >= 4 is 28.6 Å². The van der Waals surface area contributed by atoms with E-state index in [2.05, 4.69) is 14.7 Å². The molecular weight excluding hydrogens is 376 g/mol. The summed E-state index contributed by atoms with van der Waals surface area (Å²) in [4.78, 5) is 55.6. The van der Waals surface area contributed by atoms with Gasteiger partial charge in [0.15, 0.2) is 0 Å². The third-order valence-electron chi connectivity index (χ3n) is 5.91. The lowest BCUT2D eigenvalue weighted by Crippen LogP contribution is -2.39. The van der Waals surface area contributed by atoms with Crippen molar-refractivity contribution in [3.63, 3.8) is 0 Å². The molecule has 29 heavy (non-hydrogen) atoms. The predicted molar refractivity (Wildman–Crippen MR) is 102 cm³/mol. The standard InChI is InChI=1S/C21H22N2O6/c1-28-20(26)13-5-6-15-16(9-13)22-17(23-19(15)25)10-29-21(27)14-7-11-3-2-4-12(8-14)18(11)24/h5-6,9,11-12,14H,2-4,7-8,10H2,1H3,(H,22,23,25)/t11-,12+,14?. The van der Waals surface area contributed by atoms with Crippen LogP contribution in [0, 0.1) is 17.8 Å². The number of carbonyl (C=O) groups excluding carboxylic acids is 3. The van der Waals surface area contributed by atoms with Gasteiger partial charge in [0.1, 0.15) is 18.2 Å². The Labute approximate surface area is 166 Å². The Kier molecular flexibility index (Phi) is 5.17. The molecule has 4 rings (SSSR count). The van der Waals surface area contributed by atoms with E-state index in [1.54, 1.807) is 0 Å². The molecule has 2 aliphatic rings. The molecule has 2 bridgehead atoms. The summed E-state index contributed by atoms with van der Waals surface area (Å²) >= 11 is 0. The quantitative estimate of drug-likeness (QED) is 0.785. The van der Waals surface area contributed by atoms with Gasteiger partial charge in [0.25, 0.3) is 5.56 Å². The lowest BCUT2D eigenvalue weighted by Gasteiger charge is -2.36.